The molecule has 41 heavy (non-hydrogen) atoms. The molecule has 0 saturated heterocycles. The zero-order valence-electron chi connectivity index (χ0n) is 21.0. The third-order valence-electron chi connectivity index (χ3n) is 6.04. The van der Waals surface area contributed by atoms with Crippen LogP contribution in [0, 0.1) is 5.82 Å². The third kappa shape index (κ3) is 7.53. The van der Waals surface area contributed by atoms with Crippen molar-refractivity contribution in [1.29, 1.82) is 0 Å². The molecular formula is C29H21Cl2F4N3O3. The van der Waals surface area contributed by atoms with E-state index in [1.165, 1.54) is 18.3 Å². The molecule has 0 aliphatic heterocycles. The van der Waals surface area contributed by atoms with Crippen LogP contribution in [0.5, 0.6) is 0 Å². The Bertz CT molecular complexity index is 1600. The van der Waals surface area contributed by atoms with Crippen molar-refractivity contribution in [3.63, 3.8) is 0 Å². The maximum atomic E-state index is 13.7. The van der Waals surface area contributed by atoms with E-state index < -0.39 is 29.4 Å². The summed E-state index contributed by atoms with van der Waals surface area (Å²) in [5, 5.41) is 15.1. The summed E-state index contributed by atoms with van der Waals surface area (Å²) in [6.07, 6.45) is -3.54. The van der Waals surface area contributed by atoms with Crippen molar-refractivity contribution in [1.82, 2.24) is 10.3 Å². The number of nitrogens with one attached hydrogen (secondary N) is 2. The first-order chi connectivity index (χ1) is 19.4. The highest BCUT2D eigenvalue weighted by Gasteiger charge is 2.34. The maximum absolute atomic E-state index is 13.7. The second-order valence-corrected chi connectivity index (χ2v) is 9.72. The van der Waals surface area contributed by atoms with Crippen molar-refractivity contribution in [2.45, 2.75) is 19.1 Å². The Morgan fingerprint density at radius 1 is 0.902 bits per heavy atom. The van der Waals surface area contributed by atoms with Gasteiger partial charge in [0.15, 0.2) is 0 Å². The van der Waals surface area contributed by atoms with Gasteiger partial charge in [-0.25, -0.2) is 4.39 Å². The molecule has 0 atom stereocenters. The molecule has 1 aromatic heterocycles. The summed E-state index contributed by atoms with van der Waals surface area (Å²) < 4.78 is 53.1. The molecule has 0 spiro atoms. The second-order valence-electron chi connectivity index (χ2n) is 8.87. The van der Waals surface area contributed by atoms with Crippen LogP contribution in [0.1, 0.15) is 28.0 Å². The normalized spacial score (nSPS) is 11.3. The number of carbonyl (C=O) groups excluding carboxylic acids is 1. The highest BCUT2D eigenvalue weighted by Crippen LogP contribution is 2.37. The average molecular weight is 606 g/mol. The molecule has 6 nitrogen and oxygen atoms in total. The van der Waals surface area contributed by atoms with Crippen molar-refractivity contribution in [2.75, 3.05) is 11.9 Å². The number of nitrogens with zero attached hydrogens (tertiary/aromatic N) is 1. The van der Waals surface area contributed by atoms with Crippen LogP contribution >= 0.6 is 23.2 Å². The number of pyridine rings is 1. The second kappa shape index (κ2) is 12.6. The van der Waals surface area contributed by atoms with Gasteiger partial charge in [0.25, 0.3) is 5.91 Å². The van der Waals surface area contributed by atoms with Gasteiger partial charge in [0.1, 0.15) is 11.5 Å². The fourth-order valence-electron chi connectivity index (χ4n) is 4.00. The lowest BCUT2D eigenvalue weighted by molar-refractivity contribution is -0.140. The quantitative estimate of drug-likeness (QED) is 0.170. The van der Waals surface area contributed by atoms with Crippen LogP contribution < -0.4 is 10.6 Å². The van der Waals surface area contributed by atoms with E-state index in [4.69, 9.17) is 28.3 Å². The molecule has 3 aromatic carbocycles. The fraction of sp³-hybridized carbons (Fsp3) is 0.138. The van der Waals surface area contributed by atoms with Crippen LogP contribution in [0.4, 0.5) is 23.2 Å². The predicted octanol–water partition coefficient (Wildman–Crippen LogP) is 7.70. The van der Waals surface area contributed by atoms with Crippen LogP contribution in [0.2, 0.25) is 10.0 Å². The Morgan fingerprint density at radius 2 is 1.66 bits per heavy atom. The summed E-state index contributed by atoms with van der Waals surface area (Å²) in [6, 6.07) is 15.9. The number of amides is 1. The van der Waals surface area contributed by atoms with Gasteiger partial charge in [0.05, 0.1) is 17.0 Å². The lowest BCUT2D eigenvalue weighted by Gasteiger charge is -2.14. The van der Waals surface area contributed by atoms with Gasteiger partial charge < -0.3 is 15.7 Å². The molecule has 212 valence electrons. The Labute approximate surface area is 241 Å². The van der Waals surface area contributed by atoms with Gasteiger partial charge in [-0.2, -0.15) is 13.2 Å². The summed E-state index contributed by atoms with van der Waals surface area (Å²) >= 11 is 12.6. The van der Waals surface area contributed by atoms with Crippen molar-refractivity contribution in [3.05, 3.63) is 106 Å². The van der Waals surface area contributed by atoms with Gasteiger partial charge in [-0.15, -0.1) is 0 Å². The molecule has 1 heterocycles. The monoisotopic (exact) mass is 605 g/mol. The number of carboxylic acid groups (broad SMARTS) is 1. The number of aliphatic carboxylic acids is 1. The zero-order chi connectivity index (χ0) is 29.7. The van der Waals surface area contributed by atoms with Crippen molar-refractivity contribution < 1.29 is 32.3 Å². The lowest BCUT2D eigenvalue weighted by atomic mass is 10.00. The molecule has 4 aromatic rings. The topological polar surface area (TPSA) is 91.3 Å². The van der Waals surface area contributed by atoms with Crippen LogP contribution in [-0.4, -0.2) is 28.5 Å². The number of hydrogen-bond donors (Lipinski definition) is 3. The van der Waals surface area contributed by atoms with Gasteiger partial charge in [0, 0.05) is 41.1 Å². The molecule has 0 aliphatic carbocycles. The molecule has 4 rings (SSSR count). The van der Waals surface area contributed by atoms with Crippen LogP contribution in [0.25, 0.3) is 22.3 Å². The largest absolute Gasteiger partial charge is 0.481 e. The number of carboxylic acids is 1. The van der Waals surface area contributed by atoms with E-state index in [1.807, 2.05) is 6.07 Å². The van der Waals surface area contributed by atoms with Gasteiger partial charge in [-0.05, 0) is 59.2 Å². The average Bonchev–Trinajstić information content (AvgIpc) is 2.92. The number of rotatable bonds is 9. The van der Waals surface area contributed by atoms with Crippen molar-refractivity contribution >= 4 is 40.8 Å². The minimum Gasteiger partial charge on any atom is -0.481 e. The Morgan fingerprint density at radius 3 is 2.32 bits per heavy atom. The number of benzene rings is 3. The minimum absolute atomic E-state index is 0.0226. The minimum atomic E-state index is -4.84. The number of halogens is 6. The fourth-order valence-corrected chi connectivity index (χ4v) is 4.46. The molecular weight excluding hydrogens is 585 g/mol. The molecule has 0 aliphatic rings. The number of aromatic nitrogens is 1. The molecule has 1 amide bonds. The predicted molar refractivity (Wildman–Crippen MR) is 148 cm³/mol. The van der Waals surface area contributed by atoms with E-state index in [2.05, 4.69) is 15.6 Å². The van der Waals surface area contributed by atoms with E-state index in [9.17, 15) is 27.2 Å². The van der Waals surface area contributed by atoms with Gasteiger partial charge in [0.2, 0.25) is 0 Å². The number of alkyl halides is 3. The molecule has 12 heteroatoms. The SMILES string of the molecule is O=C(O)CCNC(=O)c1ccc(-c2cc(Cl)ccc2CNc2ccc(-c3ccc(F)c(C(F)(F)F)c3)c(Cl)c2)cn1. The van der Waals surface area contributed by atoms with Crippen molar-refractivity contribution in [2.24, 2.45) is 0 Å². The number of carbonyl (C=O) groups is 2. The van der Waals surface area contributed by atoms with E-state index in [-0.39, 0.29) is 29.2 Å². The third-order valence-corrected chi connectivity index (χ3v) is 6.59. The maximum Gasteiger partial charge on any atom is 0.419 e. The summed E-state index contributed by atoms with van der Waals surface area (Å²) in [5.74, 6) is -2.89. The summed E-state index contributed by atoms with van der Waals surface area (Å²) in [6.45, 7) is 0.291. The first-order valence-corrected chi connectivity index (χ1v) is 12.8. The first kappa shape index (κ1) is 29.8. The van der Waals surface area contributed by atoms with Gasteiger partial charge in [-0.1, -0.05) is 47.5 Å². The molecule has 0 bridgehead atoms. The summed E-state index contributed by atoms with van der Waals surface area (Å²) in [5.41, 5.74) is 2.02. The van der Waals surface area contributed by atoms with Gasteiger partial charge in [-0.3, -0.25) is 14.6 Å². The zero-order valence-corrected chi connectivity index (χ0v) is 22.5. The first-order valence-electron chi connectivity index (χ1n) is 12.1. The Kier molecular flexibility index (Phi) is 9.14. The highest BCUT2D eigenvalue weighted by molar-refractivity contribution is 6.33. The van der Waals surface area contributed by atoms with E-state index in [0.717, 1.165) is 23.3 Å². The molecule has 0 saturated carbocycles. The standard InChI is InChI=1S/C29H21Cl2F4N3O3/c30-19-4-1-17(22(12-19)18-3-8-26(38-15-18)28(41)36-10-9-27(39)40)14-37-20-5-6-21(24(31)13-20)16-2-7-25(32)23(11-16)29(33,34)35/h1-8,11-13,15,37H,9-10,14H2,(H,36,41)(H,39,40). The van der Waals surface area contributed by atoms with Crippen LogP contribution in [0.15, 0.2) is 72.9 Å². The van der Waals surface area contributed by atoms with E-state index >= 15 is 0 Å². The van der Waals surface area contributed by atoms with Crippen LogP contribution in [-0.2, 0) is 17.5 Å². The Balaban J connectivity index is 1.50. The molecule has 0 radical (unpaired) electrons. The van der Waals surface area contributed by atoms with Gasteiger partial charge >= 0.3 is 12.1 Å². The summed E-state index contributed by atoms with van der Waals surface area (Å²) in [4.78, 5) is 27.0. The Hall–Kier alpha value is -4.15. The molecule has 0 fully saturated rings. The molecule has 3 N–H and O–H groups in total. The smallest absolute Gasteiger partial charge is 0.419 e. The summed E-state index contributed by atoms with van der Waals surface area (Å²) in [7, 11) is 0. The lowest BCUT2D eigenvalue weighted by Crippen LogP contribution is -2.26. The molecule has 0 unspecified atom stereocenters. The van der Waals surface area contributed by atoms with E-state index in [0.29, 0.717) is 28.4 Å². The number of hydrogen-bond acceptors (Lipinski definition) is 4. The number of anilines is 1. The van der Waals surface area contributed by atoms with E-state index in [1.54, 1.807) is 36.4 Å². The van der Waals surface area contributed by atoms with Crippen molar-refractivity contribution in [3.8, 4) is 22.3 Å². The van der Waals surface area contributed by atoms with Crippen LogP contribution in [0.3, 0.4) is 0 Å². The highest BCUT2D eigenvalue weighted by atomic mass is 35.5.